The van der Waals surface area contributed by atoms with Crippen LogP contribution in [-0.4, -0.2) is 56.7 Å². The molecule has 0 bridgehead atoms. The predicted molar refractivity (Wildman–Crippen MR) is 123 cm³/mol. The highest BCUT2D eigenvalue weighted by Crippen LogP contribution is 2.25. The van der Waals surface area contributed by atoms with Crippen molar-refractivity contribution in [1.82, 2.24) is 24.6 Å². The molecule has 3 heterocycles. The van der Waals surface area contributed by atoms with Crippen molar-refractivity contribution < 1.29 is 4.79 Å². The van der Waals surface area contributed by atoms with Crippen molar-refractivity contribution >= 4 is 34.8 Å². The molecular weight excluding hydrogens is 408 g/mol. The number of aromatic amines is 1. The summed E-state index contributed by atoms with van der Waals surface area (Å²) >= 11 is 5.71. The number of benzene rings is 2. The minimum atomic E-state index is -0.566. The maximum absolute atomic E-state index is 13.8. The monoisotopic (exact) mass is 430 g/mol. The third-order valence-electron chi connectivity index (χ3n) is 5.74. The van der Waals surface area contributed by atoms with E-state index < -0.39 is 6.04 Å². The summed E-state index contributed by atoms with van der Waals surface area (Å²) in [6.07, 6.45) is 3.30. The molecule has 0 aliphatic carbocycles. The van der Waals surface area contributed by atoms with E-state index in [1.165, 1.54) is 5.69 Å². The molecule has 0 spiro atoms. The van der Waals surface area contributed by atoms with Gasteiger partial charge < -0.3 is 14.4 Å². The fourth-order valence-corrected chi connectivity index (χ4v) is 4.39. The number of H-pyrrole nitrogens is 1. The highest BCUT2D eigenvalue weighted by molar-refractivity contribution is 7.71. The van der Waals surface area contributed by atoms with Crippen LogP contribution in [0.4, 0.5) is 5.69 Å². The summed E-state index contributed by atoms with van der Waals surface area (Å²) in [5, 5.41) is 7.61. The second kappa shape index (κ2) is 8.31. The molecule has 1 aliphatic rings. The molecule has 31 heavy (non-hydrogen) atoms. The number of para-hydroxylation sites is 1. The predicted octanol–water partition coefficient (Wildman–Crippen LogP) is 3.43. The Labute approximate surface area is 184 Å². The van der Waals surface area contributed by atoms with E-state index in [1.54, 1.807) is 17.1 Å². The highest BCUT2D eigenvalue weighted by Gasteiger charge is 2.30. The first-order valence-corrected chi connectivity index (χ1v) is 10.7. The third kappa shape index (κ3) is 3.70. The van der Waals surface area contributed by atoms with Crippen molar-refractivity contribution in [2.24, 2.45) is 0 Å². The first-order valence-electron chi connectivity index (χ1n) is 10.3. The van der Waals surface area contributed by atoms with Gasteiger partial charge in [0, 0.05) is 31.9 Å². The maximum Gasteiger partial charge on any atom is 0.250 e. The molecule has 1 saturated heterocycles. The number of carbonyl (C=O) groups is 1. The van der Waals surface area contributed by atoms with Crippen LogP contribution in [-0.2, 0) is 4.79 Å². The van der Waals surface area contributed by atoms with Crippen molar-refractivity contribution in [2.45, 2.75) is 6.04 Å². The number of hydrogen-bond donors (Lipinski definition) is 1. The zero-order valence-corrected chi connectivity index (χ0v) is 17.7. The average Bonchev–Trinajstić information content (AvgIpc) is 3.32. The van der Waals surface area contributed by atoms with Gasteiger partial charge in [0.2, 0.25) is 5.91 Å². The summed E-state index contributed by atoms with van der Waals surface area (Å²) in [6, 6.07) is 19.5. The molecule has 2 aromatic carbocycles. The van der Waals surface area contributed by atoms with Gasteiger partial charge in [0.1, 0.15) is 10.7 Å². The number of aromatic nitrogens is 4. The van der Waals surface area contributed by atoms with Crippen LogP contribution < -0.4 is 4.90 Å². The lowest BCUT2D eigenvalue weighted by molar-refractivity contribution is -0.133. The molecule has 156 valence electrons. The van der Waals surface area contributed by atoms with Crippen LogP contribution in [0.1, 0.15) is 11.6 Å². The normalized spacial score (nSPS) is 15.2. The Morgan fingerprint density at radius 3 is 2.35 bits per heavy atom. The molecule has 4 aromatic rings. The number of nitrogens with zero attached hydrogens (tertiary/aromatic N) is 5. The Hall–Kier alpha value is -3.52. The van der Waals surface area contributed by atoms with Crippen LogP contribution in [0.2, 0.25) is 0 Å². The van der Waals surface area contributed by atoms with Gasteiger partial charge in [-0.25, -0.2) is 4.98 Å². The lowest BCUT2D eigenvalue weighted by Gasteiger charge is -2.38. The summed E-state index contributed by atoms with van der Waals surface area (Å²) in [5.41, 5.74) is 2.70. The van der Waals surface area contributed by atoms with Crippen molar-refractivity contribution in [3.05, 3.63) is 83.4 Å². The fourth-order valence-electron chi connectivity index (χ4n) is 4.08. The van der Waals surface area contributed by atoms with E-state index in [9.17, 15) is 4.79 Å². The third-order valence-corrected chi connectivity index (χ3v) is 6.17. The Bertz CT molecular complexity index is 1250. The summed E-state index contributed by atoms with van der Waals surface area (Å²) < 4.78 is 2.33. The van der Waals surface area contributed by atoms with Gasteiger partial charge in [-0.3, -0.25) is 9.89 Å². The molecular formula is C23H22N6OS. The highest BCUT2D eigenvalue weighted by atomic mass is 32.1. The number of rotatable bonds is 4. The Morgan fingerprint density at radius 2 is 1.65 bits per heavy atom. The van der Waals surface area contributed by atoms with Gasteiger partial charge in [-0.05, 0) is 17.7 Å². The molecule has 1 unspecified atom stereocenters. The minimum absolute atomic E-state index is 0.0275. The minimum Gasteiger partial charge on any atom is -0.368 e. The summed E-state index contributed by atoms with van der Waals surface area (Å²) in [7, 11) is 0. The zero-order chi connectivity index (χ0) is 21.2. The van der Waals surface area contributed by atoms with E-state index >= 15 is 0 Å². The maximum atomic E-state index is 13.8. The van der Waals surface area contributed by atoms with E-state index in [-0.39, 0.29) is 5.91 Å². The Balaban J connectivity index is 1.45. The number of anilines is 1. The standard InChI is InChI=1S/C23H22N6OS/c30-22(28-13-11-27(12-14-28)18-9-5-2-6-10-18)20(17-7-3-1-4-8-17)29-16-24-21-19(23(29)31)15-25-26-21/h1-10,15-16,20H,11-14H2,(H,25,26). The molecule has 0 saturated carbocycles. The largest absolute Gasteiger partial charge is 0.368 e. The van der Waals surface area contributed by atoms with E-state index in [1.807, 2.05) is 53.4 Å². The topological polar surface area (TPSA) is 70.0 Å². The summed E-state index contributed by atoms with van der Waals surface area (Å²) in [5.74, 6) is 0.0275. The van der Waals surface area contributed by atoms with Crippen molar-refractivity contribution in [3.8, 4) is 0 Å². The first kappa shape index (κ1) is 19.4. The van der Waals surface area contributed by atoms with E-state index in [0.29, 0.717) is 23.4 Å². The van der Waals surface area contributed by atoms with Crippen LogP contribution in [0, 0.1) is 4.64 Å². The molecule has 2 aromatic heterocycles. The lowest BCUT2D eigenvalue weighted by atomic mass is 10.0. The van der Waals surface area contributed by atoms with Gasteiger partial charge in [-0.2, -0.15) is 5.10 Å². The summed E-state index contributed by atoms with van der Waals surface area (Å²) in [4.78, 5) is 22.4. The van der Waals surface area contributed by atoms with Crippen LogP contribution in [0.5, 0.6) is 0 Å². The number of hydrogen-bond acceptors (Lipinski definition) is 5. The van der Waals surface area contributed by atoms with E-state index in [0.717, 1.165) is 24.0 Å². The molecule has 1 amide bonds. The molecule has 1 fully saturated rings. The number of carbonyl (C=O) groups excluding carboxylic acids is 1. The summed E-state index contributed by atoms with van der Waals surface area (Å²) in [6.45, 7) is 2.90. The van der Waals surface area contributed by atoms with Gasteiger partial charge in [-0.15, -0.1) is 0 Å². The van der Waals surface area contributed by atoms with E-state index in [2.05, 4.69) is 32.2 Å². The quantitative estimate of drug-likeness (QED) is 0.503. The Morgan fingerprint density at radius 1 is 0.968 bits per heavy atom. The number of piperazine rings is 1. The van der Waals surface area contributed by atoms with Gasteiger partial charge in [-0.1, -0.05) is 60.7 Å². The van der Waals surface area contributed by atoms with Crippen LogP contribution in [0.15, 0.2) is 73.2 Å². The van der Waals surface area contributed by atoms with Crippen molar-refractivity contribution in [1.29, 1.82) is 0 Å². The van der Waals surface area contributed by atoms with Crippen LogP contribution in [0.3, 0.4) is 0 Å². The zero-order valence-electron chi connectivity index (χ0n) is 16.9. The smallest absolute Gasteiger partial charge is 0.250 e. The first-order chi connectivity index (χ1) is 15.2. The van der Waals surface area contributed by atoms with Crippen molar-refractivity contribution in [3.63, 3.8) is 0 Å². The second-order valence-electron chi connectivity index (χ2n) is 7.55. The van der Waals surface area contributed by atoms with Gasteiger partial charge in [0.05, 0.1) is 17.9 Å². The molecule has 0 radical (unpaired) electrons. The molecule has 1 atom stereocenters. The van der Waals surface area contributed by atoms with Crippen LogP contribution >= 0.6 is 12.2 Å². The second-order valence-corrected chi connectivity index (χ2v) is 7.94. The van der Waals surface area contributed by atoms with Crippen molar-refractivity contribution in [2.75, 3.05) is 31.1 Å². The fraction of sp³-hybridized carbons (Fsp3) is 0.217. The molecule has 7 nitrogen and oxygen atoms in total. The van der Waals surface area contributed by atoms with Gasteiger partial charge in [0.25, 0.3) is 0 Å². The number of fused-ring (bicyclic) bond motifs is 1. The number of amides is 1. The molecule has 8 heteroatoms. The van der Waals surface area contributed by atoms with Gasteiger partial charge >= 0.3 is 0 Å². The van der Waals surface area contributed by atoms with Gasteiger partial charge in [0.15, 0.2) is 5.65 Å². The van der Waals surface area contributed by atoms with E-state index in [4.69, 9.17) is 12.2 Å². The Kier molecular flexibility index (Phi) is 5.21. The SMILES string of the molecule is O=C(C(c1ccccc1)n1cnc2[nH]ncc2c1=S)N1CCN(c2ccccc2)CC1. The average molecular weight is 431 g/mol. The lowest BCUT2D eigenvalue weighted by Crippen LogP contribution is -2.50. The molecule has 1 aliphatic heterocycles. The number of nitrogens with one attached hydrogen (secondary N) is 1. The molecule has 1 N–H and O–H groups in total. The molecule has 5 rings (SSSR count). The van der Waals surface area contributed by atoms with Crippen LogP contribution in [0.25, 0.3) is 11.0 Å².